The number of aromatic amines is 1. The van der Waals surface area contributed by atoms with Gasteiger partial charge in [0, 0.05) is 31.6 Å². The Hall–Kier alpha value is -1.63. The highest BCUT2D eigenvalue weighted by Gasteiger charge is 2.23. The SMILES string of the molecule is CCOC(=O)N1CCC(Nc2cc(=S)nc(CC)[nH]2)CC1. The minimum atomic E-state index is -0.215. The van der Waals surface area contributed by atoms with Gasteiger partial charge in [0.15, 0.2) is 0 Å². The van der Waals surface area contributed by atoms with E-state index in [2.05, 4.69) is 15.3 Å². The van der Waals surface area contributed by atoms with Gasteiger partial charge in [0.05, 0.1) is 6.61 Å². The normalized spacial score (nSPS) is 15.8. The van der Waals surface area contributed by atoms with Crippen LogP contribution in [0.5, 0.6) is 0 Å². The summed E-state index contributed by atoms with van der Waals surface area (Å²) in [5, 5.41) is 3.45. The third-order valence-electron chi connectivity index (χ3n) is 3.51. The predicted molar refractivity (Wildman–Crippen MR) is 84.0 cm³/mol. The van der Waals surface area contributed by atoms with E-state index in [1.165, 1.54) is 0 Å². The molecule has 1 fully saturated rings. The number of hydrogen-bond acceptors (Lipinski definition) is 5. The van der Waals surface area contributed by atoms with Crippen LogP contribution in [0.1, 0.15) is 32.5 Å². The minimum Gasteiger partial charge on any atom is -0.450 e. The predicted octanol–water partition coefficient (Wildman–Crippen LogP) is 2.73. The summed E-state index contributed by atoms with van der Waals surface area (Å²) in [7, 11) is 0. The maximum atomic E-state index is 11.6. The van der Waals surface area contributed by atoms with Crippen LogP contribution in [-0.4, -0.2) is 46.7 Å². The molecule has 116 valence electrons. The van der Waals surface area contributed by atoms with E-state index in [9.17, 15) is 4.79 Å². The molecule has 6 nitrogen and oxygen atoms in total. The lowest BCUT2D eigenvalue weighted by molar-refractivity contribution is 0.0983. The molecule has 0 bridgehead atoms. The highest BCUT2D eigenvalue weighted by molar-refractivity contribution is 7.71. The number of carbonyl (C=O) groups is 1. The summed E-state index contributed by atoms with van der Waals surface area (Å²) in [6.07, 6.45) is 2.39. The van der Waals surface area contributed by atoms with Crippen LogP contribution in [0.4, 0.5) is 10.6 Å². The summed E-state index contributed by atoms with van der Waals surface area (Å²) in [5.74, 6) is 1.79. The average Bonchev–Trinajstić information content (AvgIpc) is 2.47. The molecule has 1 amide bonds. The van der Waals surface area contributed by atoms with Crippen LogP contribution < -0.4 is 5.32 Å². The van der Waals surface area contributed by atoms with Crippen LogP contribution in [0.25, 0.3) is 0 Å². The van der Waals surface area contributed by atoms with Gasteiger partial charge in [-0.2, -0.15) is 0 Å². The van der Waals surface area contributed by atoms with Gasteiger partial charge in [-0.1, -0.05) is 19.1 Å². The Morgan fingerprint density at radius 1 is 1.52 bits per heavy atom. The fourth-order valence-corrected chi connectivity index (χ4v) is 2.62. The molecule has 0 radical (unpaired) electrons. The molecule has 21 heavy (non-hydrogen) atoms. The highest BCUT2D eigenvalue weighted by atomic mass is 32.1. The van der Waals surface area contributed by atoms with Crippen molar-refractivity contribution in [1.29, 1.82) is 0 Å². The number of likely N-dealkylation sites (tertiary alicyclic amines) is 1. The third-order valence-corrected chi connectivity index (χ3v) is 3.72. The number of amides is 1. The number of aromatic nitrogens is 2. The van der Waals surface area contributed by atoms with Gasteiger partial charge in [-0.3, -0.25) is 0 Å². The number of piperidine rings is 1. The van der Waals surface area contributed by atoms with Gasteiger partial charge in [-0.05, 0) is 19.8 Å². The van der Waals surface area contributed by atoms with E-state index in [1.54, 1.807) is 4.90 Å². The number of hydrogen-bond donors (Lipinski definition) is 2. The second-order valence-electron chi connectivity index (χ2n) is 5.04. The number of H-pyrrole nitrogens is 1. The fourth-order valence-electron chi connectivity index (χ4n) is 2.39. The molecule has 0 atom stereocenters. The van der Waals surface area contributed by atoms with Crippen LogP contribution in [-0.2, 0) is 11.2 Å². The summed E-state index contributed by atoms with van der Waals surface area (Å²) < 4.78 is 5.61. The number of nitrogens with one attached hydrogen (secondary N) is 2. The van der Waals surface area contributed by atoms with Crippen molar-refractivity contribution in [3.63, 3.8) is 0 Å². The van der Waals surface area contributed by atoms with Gasteiger partial charge >= 0.3 is 6.09 Å². The lowest BCUT2D eigenvalue weighted by Crippen LogP contribution is -2.42. The van der Waals surface area contributed by atoms with E-state index in [1.807, 2.05) is 19.9 Å². The highest BCUT2D eigenvalue weighted by Crippen LogP contribution is 2.16. The summed E-state index contributed by atoms with van der Waals surface area (Å²) >= 11 is 5.16. The Morgan fingerprint density at radius 3 is 2.86 bits per heavy atom. The summed E-state index contributed by atoms with van der Waals surface area (Å²) in [6, 6.07) is 2.17. The van der Waals surface area contributed by atoms with E-state index < -0.39 is 0 Å². The van der Waals surface area contributed by atoms with Crippen LogP contribution in [0, 0.1) is 4.64 Å². The van der Waals surface area contributed by atoms with Crippen molar-refractivity contribution in [1.82, 2.24) is 14.9 Å². The average molecular weight is 310 g/mol. The van der Waals surface area contributed by atoms with Gasteiger partial charge in [-0.25, -0.2) is 9.78 Å². The van der Waals surface area contributed by atoms with Gasteiger partial charge in [-0.15, -0.1) is 0 Å². The Morgan fingerprint density at radius 2 is 2.24 bits per heavy atom. The molecule has 1 aromatic rings. The number of rotatable bonds is 4. The molecule has 0 saturated carbocycles. The van der Waals surface area contributed by atoms with Crippen LogP contribution >= 0.6 is 12.2 Å². The first-order valence-electron chi connectivity index (χ1n) is 7.40. The van der Waals surface area contributed by atoms with Crippen molar-refractivity contribution in [3.05, 3.63) is 16.5 Å². The standard InChI is InChI=1S/C14H22N4O2S/c1-3-11-16-12(9-13(21)17-11)15-10-5-7-18(8-6-10)14(19)20-4-2/h9-10H,3-8H2,1-2H3,(H2,15,16,17,21). The summed E-state index contributed by atoms with van der Waals surface area (Å²) in [5.41, 5.74) is 0. The van der Waals surface area contributed by atoms with Crippen LogP contribution in [0.3, 0.4) is 0 Å². The molecule has 0 spiro atoms. The number of ether oxygens (including phenoxy) is 1. The molecular formula is C14H22N4O2S. The van der Waals surface area contributed by atoms with Crippen LogP contribution in [0.15, 0.2) is 6.07 Å². The molecule has 0 aromatic carbocycles. The van der Waals surface area contributed by atoms with E-state index in [-0.39, 0.29) is 6.09 Å². The van der Waals surface area contributed by atoms with Crippen molar-refractivity contribution in [3.8, 4) is 0 Å². The van der Waals surface area contributed by atoms with E-state index >= 15 is 0 Å². The van der Waals surface area contributed by atoms with Crippen molar-refractivity contribution in [2.75, 3.05) is 25.0 Å². The molecule has 0 aliphatic carbocycles. The number of anilines is 1. The van der Waals surface area contributed by atoms with Gasteiger partial charge in [0.25, 0.3) is 0 Å². The topological polar surface area (TPSA) is 70.2 Å². The molecule has 0 unspecified atom stereocenters. The van der Waals surface area contributed by atoms with Gasteiger partial charge < -0.3 is 19.9 Å². The van der Waals surface area contributed by atoms with E-state index in [4.69, 9.17) is 17.0 Å². The first kappa shape index (κ1) is 15.8. The zero-order valence-electron chi connectivity index (χ0n) is 12.5. The Balaban J connectivity index is 1.90. The Kier molecular flexibility index (Phi) is 5.55. The zero-order chi connectivity index (χ0) is 15.2. The number of nitrogens with zero attached hydrogens (tertiary/aromatic N) is 2. The minimum absolute atomic E-state index is 0.215. The first-order chi connectivity index (χ1) is 10.1. The molecule has 1 aromatic heterocycles. The van der Waals surface area contributed by atoms with E-state index in [0.29, 0.717) is 30.4 Å². The molecular weight excluding hydrogens is 288 g/mol. The maximum absolute atomic E-state index is 11.6. The van der Waals surface area contributed by atoms with Gasteiger partial charge in [0.1, 0.15) is 16.3 Å². The Labute approximate surface area is 129 Å². The molecule has 1 aliphatic rings. The third kappa shape index (κ3) is 4.42. The second kappa shape index (κ2) is 7.40. The zero-order valence-corrected chi connectivity index (χ0v) is 13.3. The van der Waals surface area contributed by atoms with Gasteiger partial charge in [0.2, 0.25) is 0 Å². The summed E-state index contributed by atoms with van der Waals surface area (Å²) in [4.78, 5) is 20.9. The maximum Gasteiger partial charge on any atom is 0.409 e. The van der Waals surface area contributed by atoms with Crippen molar-refractivity contribution < 1.29 is 9.53 Å². The second-order valence-corrected chi connectivity index (χ2v) is 5.46. The van der Waals surface area contributed by atoms with Crippen molar-refractivity contribution in [2.45, 2.75) is 39.2 Å². The lowest BCUT2D eigenvalue weighted by atomic mass is 10.1. The fraction of sp³-hybridized carbons (Fsp3) is 0.643. The molecule has 1 saturated heterocycles. The lowest BCUT2D eigenvalue weighted by Gasteiger charge is -2.32. The number of aryl methyl sites for hydroxylation is 1. The first-order valence-corrected chi connectivity index (χ1v) is 7.81. The van der Waals surface area contributed by atoms with Crippen LogP contribution in [0.2, 0.25) is 0 Å². The largest absolute Gasteiger partial charge is 0.450 e. The molecule has 2 heterocycles. The molecule has 2 rings (SSSR count). The summed E-state index contributed by atoms with van der Waals surface area (Å²) in [6.45, 7) is 5.70. The van der Waals surface area contributed by atoms with Crippen molar-refractivity contribution in [2.24, 2.45) is 0 Å². The molecule has 7 heteroatoms. The monoisotopic (exact) mass is 310 g/mol. The smallest absolute Gasteiger partial charge is 0.409 e. The van der Waals surface area contributed by atoms with Crippen molar-refractivity contribution >= 4 is 24.1 Å². The Bertz CT molecular complexity index is 538. The molecule has 2 N–H and O–H groups in total. The number of carbonyl (C=O) groups excluding carboxylic acids is 1. The molecule has 1 aliphatic heterocycles. The quantitative estimate of drug-likeness (QED) is 0.837. The van der Waals surface area contributed by atoms with E-state index in [0.717, 1.165) is 30.9 Å².